The molecule has 0 saturated carbocycles. The maximum absolute atomic E-state index is 12.3. The molecule has 4 nitrogen and oxygen atoms in total. The average molecular weight is 323 g/mol. The van der Waals surface area contributed by atoms with Crippen molar-refractivity contribution in [3.8, 4) is 5.75 Å². The Balaban J connectivity index is 1.59. The second-order valence-corrected chi connectivity index (χ2v) is 5.60. The Morgan fingerprint density at radius 2 is 1.90 bits per heavy atom. The van der Waals surface area contributed by atoms with E-state index in [1.54, 1.807) is 47.6 Å². The van der Waals surface area contributed by atoms with Gasteiger partial charge in [-0.3, -0.25) is 9.78 Å². The molecule has 6 heteroatoms. The molecule has 0 bridgehead atoms. The Labute approximate surface area is 132 Å². The highest BCUT2D eigenvalue weighted by Crippen LogP contribution is 2.25. The Morgan fingerprint density at radius 3 is 2.57 bits per heavy atom. The molecule has 0 N–H and O–H groups in total. The summed E-state index contributed by atoms with van der Waals surface area (Å²) in [6.07, 6.45) is 3.34. The standard InChI is InChI=1S/C15H12Cl2N2O2/c16-10-1-2-13(14(17)7-10)15(20)19-8-12(9-19)21-11-3-5-18-6-4-11/h1-7,12H,8-9H2. The second kappa shape index (κ2) is 5.92. The van der Waals surface area contributed by atoms with E-state index >= 15 is 0 Å². The van der Waals surface area contributed by atoms with E-state index in [1.165, 1.54) is 0 Å². The molecule has 1 aromatic carbocycles. The minimum absolute atomic E-state index is 0.00225. The predicted molar refractivity (Wildman–Crippen MR) is 81.0 cm³/mol. The van der Waals surface area contributed by atoms with Crippen LogP contribution in [0.2, 0.25) is 10.0 Å². The molecule has 21 heavy (non-hydrogen) atoms. The van der Waals surface area contributed by atoms with Crippen LogP contribution in [0.4, 0.5) is 0 Å². The third kappa shape index (κ3) is 3.12. The van der Waals surface area contributed by atoms with E-state index in [9.17, 15) is 4.79 Å². The van der Waals surface area contributed by atoms with Gasteiger partial charge in [0.15, 0.2) is 0 Å². The minimum Gasteiger partial charge on any atom is -0.487 e. The molecule has 2 heterocycles. The molecular weight excluding hydrogens is 311 g/mol. The fourth-order valence-electron chi connectivity index (χ4n) is 2.12. The number of carbonyl (C=O) groups is 1. The largest absolute Gasteiger partial charge is 0.487 e. The van der Waals surface area contributed by atoms with Crippen molar-refractivity contribution in [1.82, 2.24) is 9.88 Å². The first-order valence-corrected chi connectivity index (χ1v) is 7.20. The van der Waals surface area contributed by atoms with Gasteiger partial charge in [-0.15, -0.1) is 0 Å². The van der Waals surface area contributed by atoms with Crippen LogP contribution in [0.1, 0.15) is 10.4 Å². The fourth-order valence-corrected chi connectivity index (χ4v) is 2.61. The maximum Gasteiger partial charge on any atom is 0.255 e. The van der Waals surface area contributed by atoms with Gasteiger partial charge in [0, 0.05) is 17.4 Å². The molecule has 3 rings (SSSR count). The van der Waals surface area contributed by atoms with Crippen molar-refractivity contribution in [1.29, 1.82) is 0 Å². The van der Waals surface area contributed by atoms with E-state index in [2.05, 4.69) is 4.98 Å². The molecule has 108 valence electrons. The molecule has 0 spiro atoms. The number of halogens is 2. The molecule has 1 aromatic heterocycles. The number of pyridine rings is 1. The van der Waals surface area contributed by atoms with Gasteiger partial charge in [-0.05, 0) is 30.3 Å². The Kier molecular flexibility index (Phi) is 3.99. The van der Waals surface area contributed by atoms with Gasteiger partial charge in [-0.2, -0.15) is 0 Å². The number of hydrogen-bond acceptors (Lipinski definition) is 3. The van der Waals surface area contributed by atoms with E-state index < -0.39 is 0 Å². The summed E-state index contributed by atoms with van der Waals surface area (Å²) in [4.78, 5) is 17.9. The topological polar surface area (TPSA) is 42.4 Å². The number of rotatable bonds is 3. The van der Waals surface area contributed by atoms with Gasteiger partial charge in [-0.25, -0.2) is 0 Å². The summed E-state index contributed by atoms with van der Waals surface area (Å²) in [5.41, 5.74) is 0.462. The first-order chi connectivity index (χ1) is 10.1. The van der Waals surface area contributed by atoms with Crippen LogP contribution in [0.5, 0.6) is 5.75 Å². The molecule has 1 fully saturated rings. The van der Waals surface area contributed by atoms with Crippen LogP contribution < -0.4 is 4.74 Å². The minimum atomic E-state index is -0.105. The number of likely N-dealkylation sites (tertiary alicyclic amines) is 1. The van der Waals surface area contributed by atoms with E-state index in [0.29, 0.717) is 28.7 Å². The molecular formula is C15H12Cl2N2O2. The predicted octanol–water partition coefficient (Wildman–Crippen LogP) is 3.29. The molecule has 2 aromatic rings. The third-order valence-electron chi connectivity index (χ3n) is 3.25. The highest BCUT2D eigenvalue weighted by molar-refractivity contribution is 6.36. The summed E-state index contributed by atoms with van der Waals surface area (Å²) < 4.78 is 5.73. The molecule has 0 atom stereocenters. The number of nitrogens with zero attached hydrogens (tertiary/aromatic N) is 2. The lowest BCUT2D eigenvalue weighted by Crippen LogP contribution is -2.56. The average Bonchev–Trinajstić information content (AvgIpc) is 2.43. The van der Waals surface area contributed by atoms with Crippen molar-refractivity contribution in [3.05, 3.63) is 58.3 Å². The van der Waals surface area contributed by atoms with Crippen LogP contribution >= 0.6 is 23.2 Å². The third-order valence-corrected chi connectivity index (χ3v) is 3.80. The van der Waals surface area contributed by atoms with Crippen molar-refractivity contribution in [2.75, 3.05) is 13.1 Å². The van der Waals surface area contributed by atoms with Gasteiger partial charge in [0.25, 0.3) is 5.91 Å². The van der Waals surface area contributed by atoms with Gasteiger partial charge in [0.1, 0.15) is 11.9 Å². The first kappa shape index (κ1) is 14.2. The summed E-state index contributed by atoms with van der Waals surface area (Å²) in [7, 11) is 0. The van der Waals surface area contributed by atoms with Crippen molar-refractivity contribution in [3.63, 3.8) is 0 Å². The fraction of sp³-hybridized carbons (Fsp3) is 0.200. The summed E-state index contributed by atoms with van der Waals surface area (Å²) in [5.74, 6) is 0.651. The zero-order valence-corrected chi connectivity index (χ0v) is 12.5. The van der Waals surface area contributed by atoms with E-state index in [0.717, 1.165) is 5.75 Å². The number of aromatic nitrogens is 1. The molecule has 0 aliphatic carbocycles. The molecule has 1 aliphatic rings. The highest BCUT2D eigenvalue weighted by Gasteiger charge is 2.33. The van der Waals surface area contributed by atoms with E-state index in [1.807, 2.05) is 0 Å². The van der Waals surface area contributed by atoms with Gasteiger partial charge in [0.05, 0.1) is 23.7 Å². The number of hydrogen-bond donors (Lipinski definition) is 0. The summed E-state index contributed by atoms with van der Waals surface area (Å²) in [5, 5.41) is 0.880. The SMILES string of the molecule is O=C(c1ccc(Cl)cc1Cl)N1CC(Oc2ccncc2)C1. The van der Waals surface area contributed by atoms with Crippen LogP contribution in [-0.4, -0.2) is 35.0 Å². The Morgan fingerprint density at radius 1 is 1.19 bits per heavy atom. The van der Waals surface area contributed by atoms with Crippen molar-refractivity contribution in [2.24, 2.45) is 0 Å². The summed E-state index contributed by atoms with van der Waals surface area (Å²) in [6.45, 7) is 1.08. The van der Waals surface area contributed by atoms with Crippen molar-refractivity contribution in [2.45, 2.75) is 6.10 Å². The van der Waals surface area contributed by atoms with Crippen LogP contribution in [0.3, 0.4) is 0 Å². The number of benzene rings is 1. The molecule has 0 unspecified atom stereocenters. The number of carbonyl (C=O) groups excluding carboxylic acids is 1. The zero-order valence-electron chi connectivity index (χ0n) is 11.0. The monoisotopic (exact) mass is 322 g/mol. The highest BCUT2D eigenvalue weighted by atomic mass is 35.5. The normalized spacial score (nSPS) is 14.7. The number of ether oxygens (including phenoxy) is 1. The maximum atomic E-state index is 12.3. The quantitative estimate of drug-likeness (QED) is 0.870. The first-order valence-electron chi connectivity index (χ1n) is 6.44. The van der Waals surface area contributed by atoms with Gasteiger partial charge < -0.3 is 9.64 Å². The van der Waals surface area contributed by atoms with Crippen molar-refractivity contribution >= 4 is 29.1 Å². The van der Waals surface area contributed by atoms with Crippen LogP contribution in [-0.2, 0) is 0 Å². The van der Waals surface area contributed by atoms with Crippen molar-refractivity contribution < 1.29 is 9.53 Å². The van der Waals surface area contributed by atoms with Crippen LogP contribution in [0, 0.1) is 0 Å². The smallest absolute Gasteiger partial charge is 0.255 e. The van der Waals surface area contributed by atoms with E-state index in [4.69, 9.17) is 27.9 Å². The van der Waals surface area contributed by atoms with Crippen LogP contribution in [0.25, 0.3) is 0 Å². The summed E-state index contributed by atoms with van der Waals surface area (Å²) >= 11 is 11.9. The molecule has 0 radical (unpaired) electrons. The number of amides is 1. The second-order valence-electron chi connectivity index (χ2n) is 4.76. The molecule has 1 saturated heterocycles. The zero-order chi connectivity index (χ0) is 14.8. The Hall–Kier alpha value is -1.78. The van der Waals surface area contributed by atoms with E-state index in [-0.39, 0.29) is 12.0 Å². The van der Waals surface area contributed by atoms with Gasteiger partial charge in [-0.1, -0.05) is 23.2 Å². The van der Waals surface area contributed by atoms with Gasteiger partial charge >= 0.3 is 0 Å². The Bertz CT molecular complexity index is 658. The summed E-state index contributed by atoms with van der Waals surface area (Å²) in [6, 6.07) is 8.46. The lowest BCUT2D eigenvalue weighted by molar-refractivity contribution is 0.0178. The molecule has 1 aliphatic heterocycles. The lowest BCUT2D eigenvalue weighted by Gasteiger charge is -2.39. The lowest BCUT2D eigenvalue weighted by atomic mass is 10.1. The molecule has 1 amide bonds. The van der Waals surface area contributed by atoms with Crippen LogP contribution in [0.15, 0.2) is 42.7 Å². The van der Waals surface area contributed by atoms with Gasteiger partial charge in [0.2, 0.25) is 0 Å².